The van der Waals surface area contributed by atoms with Crippen LogP contribution in [0.1, 0.15) is 5.56 Å². The molecule has 1 aromatic heterocycles. The number of nitrogens with two attached hydrogens (primary N) is 1. The first-order valence-electron chi connectivity index (χ1n) is 4.64. The lowest BCUT2D eigenvalue weighted by molar-refractivity contribution is -0.122. The largest absolute Gasteiger partial charge is 0.368 e. The van der Waals surface area contributed by atoms with E-state index in [4.69, 9.17) is 5.73 Å². The van der Waals surface area contributed by atoms with Gasteiger partial charge in [-0.2, -0.15) is 0 Å². The van der Waals surface area contributed by atoms with Crippen molar-refractivity contribution >= 4 is 5.91 Å². The number of H-pyrrole nitrogens is 1. The summed E-state index contributed by atoms with van der Waals surface area (Å²) in [4.78, 5) is 26.3. The molecule has 0 aliphatic carbocycles. The van der Waals surface area contributed by atoms with Gasteiger partial charge in [0.15, 0.2) is 0 Å². The summed E-state index contributed by atoms with van der Waals surface area (Å²) in [5.41, 5.74) is 5.99. The maximum absolute atomic E-state index is 11.1. The molecule has 0 aliphatic heterocycles. The number of carbonyl (C=O) groups is 1. The van der Waals surface area contributed by atoms with Crippen molar-refractivity contribution in [2.45, 2.75) is 12.5 Å². The summed E-state index contributed by atoms with van der Waals surface area (Å²) in [5.74, 6) is -0.369. The van der Waals surface area contributed by atoms with Crippen LogP contribution in [0.5, 0.6) is 0 Å². The summed E-state index contributed by atoms with van der Waals surface area (Å²) in [5, 5.41) is 0. The number of aromatic nitrogens is 1. The molecule has 5 nitrogen and oxygen atoms in total. The number of aromatic amines is 1. The van der Waals surface area contributed by atoms with E-state index in [1.54, 1.807) is 31.3 Å². The second-order valence-electron chi connectivity index (χ2n) is 3.65. The van der Waals surface area contributed by atoms with Gasteiger partial charge >= 0.3 is 0 Å². The summed E-state index contributed by atoms with van der Waals surface area (Å²) >= 11 is 0. The molecule has 1 heterocycles. The average Bonchev–Trinajstić information content (AvgIpc) is 2.15. The van der Waals surface area contributed by atoms with E-state index in [2.05, 4.69) is 4.98 Å². The highest BCUT2D eigenvalue weighted by Gasteiger charge is 2.17. The Morgan fingerprint density at radius 3 is 2.60 bits per heavy atom. The van der Waals surface area contributed by atoms with Crippen LogP contribution in [-0.4, -0.2) is 35.9 Å². The molecule has 0 spiro atoms. The first-order chi connectivity index (χ1) is 7.00. The van der Waals surface area contributed by atoms with Crippen LogP contribution in [0.15, 0.2) is 23.1 Å². The van der Waals surface area contributed by atoms with Gasteiger partial charge in [0.2, 0.25) is 11.5 Å². The molecule has 0 bridgehead atoms. The van der Waals surface area contributed by atoms with Crippen molar-refractivity contribution in [3.05, 3.63) is 34.2 Å². The Hall–Kier alpha value is -1.62. The van der Waals surface area contributed by atoms with E-state index in [-0.39, 0.29) is 17.5 Å². The van der Waals surface area contributed by atoms with Gasteiger partial charge in [-0.1, -0.05) is 6.07 Å². The second-order valence-corrected chi connectivity index (χ2v) is 3.65. The van der Waals surface area contributed by atoms with Crippen molar-refractivity contribution in [1.82, 2.24) is 9.88 Å². The topological polar surface area (TPSA) is 79.2 Å². The summed E-state index contributed by atoms with van der Waals surface area (Å²) in [6.45, 7) is 0. The van der Waals surface area contributed by atoms with E-state index < -0.39 is 0 Å². The number of rotatable bonds is 4. The molecule has 5 heteroatoms. The van der Waals surface area contributed by atoms with Crippen molar-refractivity contribution in [3.63, 3.8) is 0 Å². The maximum Gasteiger partial charge on any atom is 0.247 e. The van der Waals surface area contributed by atoms with Crippen molar-refractivity contribution in [1.29, 1.82) is 0 Å². The highest BCUT2D eigenvalue weighted by Crippen LogP contribution is 2.03. The number of hydrogen-bond donors (Lipinski definition) is 2. The van der Waals surface area contributed by atoms with Crippen molar-refractivity contribution in [2.24, 2.45) is 5.73 Å². The number of nitrogens with one attached hydrogen (secondary N) is 1. The molecule has 1 atom stereocenters. The molecule has 0 saturated heterocycles. The van der Waals surface area contributed by atoms with E-state index in [1.165, 1.54) is 6.07 Å². The van der Waals surface area contributed by atoms with E-state index in [0.29, 0.717) is 6.42 Å². The van der Waals surface area contributed by atoms with Gasteiger partial charge in [0.1, 0.15) is 0 Å². The molecule has 1 aromatic rings. The standard InChI is InChI=1S/C10H15N3O2/c1-13(2)8(10(11)15)5-7-3-4-9(14)12-6-7/h3-4,6,8H,5H2,1-2H3,(H2,11,15)(H,12,14)/t8-/m0/s1. The van der Waals surface area contributed by atoms with Gasteiger partial charge in [0.05, 0.1) is 6.04 Å². The predicted molar refractivity (Wildman–Crippen MR) is 57.4 cm³/mol. The zero-order valence-corrected chi connectivity index (χ0v) is 8.86. The van der Waals surface area contributed by atoms with E-state index >= 15 is 0 Å². The smallest absolute Gasteiger partial charge is 0.247 e. The third-order valence-corrected chi connectivity index (χ3v) is 2.23. The van der Waals surface area contributed by atoms with Gasteiger partial charge < -0.3 is 10.7 Å². The molecule has 1 amide bonds. The molecule has 1 rings (SSSR count). The van der Waals surface area contributed by atoms with Crippen LogP contribution >= 0.6 is 0 Å². The Kier molecular flexibility index (Phi) is 3.62. The summed E-state index contributed by atoms with van der Waals surface area (Å²) in [6, 6.07) is 2.78. The first-order valence-corrected chi connectivity index (χ1v) is 4.64. The highest BCUT2D eigenvalue weighted by molar-refractivity contribution is 5.80. The van der Waals surface area contributed by atoms with Crippen LogP contribution in [0.2, 0.25) is 0 Å². The molecular formula is C10H15N3O2. The lowest BCUT2D eigenvalue weighted by Gasteiger charge is -2.20. The Labute approximate surface area is 87.9 Å². The van der Waals surface area contributed by atoms with Crippen LogP contribution in [0.4, 0.5) is 0 Å². The molecule has 0 aromatic carbocycles. The molecule has 3 N–H and O–H groups in total. The van der Waals surface area contributed by atoms with Gasteiger partial charge in [-0.25, -0.2) is 0 Å². The Morgan fingerprint density at radius 1 is 1.53 bits per heavy atom. The summed E-state index contributed by atoms with van der Waals surface area (Å²) in [6.07, 6.45) is 2.10. The first kappa shape index (κ1) is 11.5. The molecular weight excluding hydrogens is 194 g/mol. The minimum atomic E-state index is -0.369. The molecule has 0 unspecified atom stereocenters. The van der Waals surface area contributed by atoms with Crippen molar-refractivity contribution < 1.29 is 4.79 Å². The van der Waals surface area contributed by atoms with Gasteiger partial charge in [0.25, 0.3) is 0 Å². The number of likely N-dealkylation sites (N-methyl/N-ethyl adjacent to an activating group) is 1. The van der Waals surface area contributed by atoms with Crippen LogP contribution in [0.3, 0.4) is 0 Å². The van der Waals surface area contributed by atoms with Crippen LogP contribution in [0, 0.1) is 0 Å². The molecule has 15 heavy (non-hydrogen) atoms. The van der Waals surface area contributed by atoms with E-state index in [1.807, 2.05) is 0 Å². The van der Waals surface area contributed by atoms with Gasteiger partial charge in [-0.05, 0) is 26.1 Å². The second kappa shape index (κ2) is 4.75. The van der Waals surface area contributed by atoms with Gasteiger partial charge in [-0.15, -0.1) is 0 Å². The zero-order valence-electron chi connectivity index (χ0n) is 8.86. The third-order valence-electron chi connectivity index (χ3n) is 2.23. The van der Waals surface area contributed by atoms with E-state index in [9.17, 15) is 9.59 Å². The molecule has 0 fully saturated rings. The third kappa shape index (κ3) is 3.21. The number of nitrogens with zero attached hydrogens (tertiary/aromatic N) is 1. The van der Waals surface area contributed by atoms with Gasteiger partial charge in [-0.3, -0.25) is 14.5 Å². The minimum Gasteiger partial charge on any atom is -0.368 e. The maximum atomic E-state index is 11.1. The molecule has 0 radical (unpaired) electrons. The minimum absolute atomic E-state index is 0.153. The molecule has 82 valence electrons. The number of carbonyl (C=O) groups excluding carboxylic acids is 1. The number of hydrogen-bond acceptors (Lipinski definition) is 3. The predicted octanol–water partition coefficient (Wildman–Crippen LogP) is -0.667. The monoisotopic (exact) mass is 209 g/mol. The Morgan fingerprint density at radius 2 is 2.20 bits per heavy atom. The van der Waals surface area contributed by atoms with E-state index in [0.717, 1.165) is 5.56 Å². The molecule has 0 saturated carbocycles. The fourth-order valence-electron chi connectivity index (χ4n) is 1.33. The summed E-state index contributed by atoms with van der Waals surface area (Å²) in [7, 11) is 3.59. The Bertz CT molecular complexity index is 377. The van der Waals surface area contributed by atoms with Crippen LogP contribution in [-0.2, 0) is 11.2 Å². The SMILES string of the molecule is CN(C)[C@@H](Cc1ccc(=O)[nH]c1)C(N)=O. The lowest BCUT2D eigenvalue weighted by Crippen LogP contribution is -2.42. The fourth-order valence-corrected chi connectivity index (χ4v) is 1.33. The van der Waals surface area contributed by atoms with Gasteiger partial charge in [0, 0.05) is 12.3 Å². The summed E-state index contributed by atoms with van der Waals surface area (Å²) < 4.78 is 0. The highest BCUT2D eigenvalue weighted by atomic mass is 16.1. The van der Waals surface area contributed by atoms with Crippen molar-refractivity contribution in [2.75, 3.05) is 14.1 Å². The molecule has 0 aliphatic rings. The van der Waals surface area contributed by atoms with Crippen molar-refractivity contribution in [3.8, 4) is 0 Å². The number of primary amides is 1. The lowest BCUT2D eigenvalue weighted by atomic mass is 10.1. The van der Waals surface area contributed by atoms with Crippen LogP contribution in [0.25, 0.3) is 0 Å². The normalized spacial score (nSPS) is 12.7. The number of pyridine rings is 1. The zero-order chi connectivity index (χ0) is 11.4. The number of amides is 1. The average molecular weight is 209 g/mol. The Balaban J connectivity index is 2.79. The quantitative estimate of drug-likeness (QED) is 0.690. The van der Waals surface area contributed by atoms with Crippen LogP contribution < -0.4 is 11.3 Å². The fraction of sp³-hybridized carbons (Fsp3) is 0.400.